The summed E-state index contributed by atoms with van der Waals surface area (Å²) in [4.78, 5) is 12.0. The Hall–Kier alpha value is -2.33. The van der Waals surface area contributed by atoms with Gasteiger partial charge < -0.3 is 14.6 Å². The van der Waals surface area contributed by atoms with Crippen molar-refractivity contribution in [3.8, 4) is 0 Å². The van der Waals surface area contributed by atoms with E-state index in [4.69, 9.17) is 9.47 Å². The van der Waals surface area contributed by atoms with Gasteiger partial charge in [0.15, 0.2) is 11.7 Å². The smallest absolute Gasteiger partial charge is 0.423 e. The van der Waals surface area contributed by atoms with Gasteiger partial charge in [0, 0.05) is 5.41 Å². The van der Waals surface area contributed by atoms with Gasteiger partial charge in [-0.15, -0.1) is 0 Å². The first kappa shape index (κ1) is 18.1. The fraction of sp³-hybridized carbons (Fsp3) is 0.435. The Kier molecular flexibility index (Phi) is 4.26. The molecule has 1 saturated heterocycles. The van der Waals surface area contributed by atoms with Crippen molar-refractivity contribution in [3.63, 3.8) is 0 Å². The number of fused-ring (bicyclic) bond motifs is 2. The lowest BCUT2D eigenvalue weighted by Crippen LogP contribution is -2.50. The van der Waals surface area contributed by atoms with Crippen molar-refractivity contribution in [2.24, 2.45) is 5.41 Å². The second-order valence-electron chi connectivity index (χ2n) is 8.06. The van der Waals surface area contributed by atoms with E-state index in [0.717, 1.165) is 24.8 Å². The van der Waals surface area contributed by atoms with Crippen LogP contribution < -0.4 is 0 Å². The topological polar surface area (TPSA) is 55.8 Å². The van der Waals surface area contributed by atoms with Crippen LogP contribution in [0.3, 0.4) is 0 Å². The second kappa shape index (κ2) is 6.38. The van der Waals surface area contributed by atoms with E-state index in [1.165, 1.54) is 22.3 Å². The molecule has 1 spiro atoms. The molecule has 1 aromatic carbocycles. The number of carbonyl (C=O) groups is 1. The van der Waals surface area contributed by atoms with Crippen LogP contribution in [0.5, 0.6) is 0 Å². The molecular weight excluding hydrogens is 340 g/mol. The maximum absolute atomic E-state index is 12.0. The van der Waals surface area contributed by atoms with Gasteiger partial charge in [-0.05, 0) is 56.7 Å². The van der Waals surface area contributed by atoms with Crippen LogP contribution in [-0.4, -0.2) is 29.6 Å². The maximum atomic E-state index is 12.0. The molecule has 142 valence electrons. The van der Waals surface area contributed by atoms with Crippen molar-refractivity contribution < 1.29 is 19.4 Å². The molecule has 4 heteroatoms. The molecule has 2 atom stereocenters. The molecule has 1 saturated carbocycles. The van der Waals surface area contributed by atoms with Crippen LogP contribution in [0.4, 0.5) is 4.79 Å². The number of ether oxygens (including phenoxy) is 2. The summed E-state index contributed by atoms with van der Waals surface area (Å²) in [7, 11) is 0. The number of hydrogen-bond donors (Lipinski definition) is 1. The molecule has 3 aliphatic rings. The molecule has 1 aromatic rings. The Bertz CT molecular complexity index is 858. The molecule has 0 bridgehead atoms. The molecule has 4 rings (SSSR count). The van der Waals surface area contributed by atoms with E-state index in [9.17, 15) is 9.90 Å². The highest BCUT2D eigenvalue weighted by molar-refractivity contribution is 5.68. The molecule has 27 heavy (non-hydrogen) atoms. The third-order valence-electron chi connectivity index (χ3n) is 6.49. The minimum Gasteiger partial charge on any atom is -0.423 e. The number of aliphatic hydroxyl groups excluding tert-OH is 1. The molecule has 0 amide bonds. The van der Waals surface area contributed by atoms with Gasteiger partial charge in [-0.2, -0.15) is 0 Å². The van der Waals surface area contributed by atoms with E-state index in [2.05, 4.69) is 32.1 Å². The molecule has 2 fully saturated rings. The first-order chi connectivity index (χ1) is 12.9. The van der Waals surface area contributed by atoms with Crippen LogP contribution in [0.2, 0.25) is 0 Å². The molecule has 2 aliphatic carbocycles. The van der Waals surface area contributed by atoms with Crippen molar-refractivity contribution in [1.82, 2.24) is 0 Å². The average molecular weight is 366 g/mol. The van der Waals surface area contributed by atoms with Gasteiger partial charge in [0.05, 0.1) is 6.61 Å². The lowest BCUT2D eigenvalue weighted by molar-refractivity contribution is -0.00198. The molecule has 1 N–H and O–H groups in total. The predicted octanol–water partition coefficient (Wildman–Crippen LogP) is 4.80. The van der Waals surface area contributed by atoms with Crippen LogP contribution in [-0.2, 0) is 9.47 Å². The molecule has 1 heterocycles. The van der Waals surface area contributed by atoms with Crippen molar-refractivity contribution in [1.29, 1.82) is 0 Å². The number of carbonyl (C=O) groups excluding carboxylic acids is 1. The number of aliphatic hydroxyl groups is 1. The molecule has 0 unspecified atom stereocenters. The normalized spacial score (nSPS) is 30.4. The Labute approximate surface area is 160 Å². The van der Waals surface area contributed by atoms with Gasteiger partial charge in [-0.25, -0.2) is 4.79 Å². The monoisotopic (exact) mass is 366 g/mol. The fourth-order valence-electron chi connectivity index (χ4n) is 4.93. The third kappa shape index (κ3) is 2.74. The highest BCUT2D eigenvalue weighted by Gasteiger charge is 2.71. The zero-order chi connectivity index (χ0) is 19.2. The van der Waals surface area contributed by atoms with Gasteiger partial charge in [-0.3, -0.25) is 0 Å². The maximum Gasteiger partial charge on any atom is 0.509 e. The number of rotatable bonds is 4. The predicted molar refractivity (Wildman–Crippen MR) is 104 cm³/mol. The van der Waals surface area contributed by atoms with E-state index in [0.29, 0.717) is 0 Å². The van der Waals surface area contributed by atoms with Crippen molar-refractivity contribution in [2.75, 3.05) is 6.61 Å². The zero-order valence-electron chi connectivity index (χ0n) is 16.1. The summed E-state index contributed by atoms with van der Waals surface area (Å²) in [5.41, 5.74) is 4.89. The van der Waals surface area contributed by atoms with E-state index in [-0.39, 0.29) is 12.0 Å². The Morgan fingerprint density at radius 2 is 2.00 bits per heavy atom. The first-order valence-electron chi connectivity index (χ1n) is 9.54. The van der Waals surface area contributed by atoms with Crippen LogP contribution in [0.1, 0.15) is 45.6 Å². The van der Waals surface area contributed by atoms with Gasteiger partial charge in [0.1, 0.15) is 0 Å². The van der Waals surface area contributed by atoms with E-state index < -0.39 is 17.9 Å². The standard InChI is InChI=1S/C23H26O4/c1-15(13-17-7-5-4-6-8-17)14-19-16(2)23(10-11-23)22(3)20(18(19)9-12-24)26-21(25)27-22/h4-9,13,20,24H,10-12,14H2,1-3H3/b15-13+,18-9+/t20-,22-/m0/s1. The lowest BCUT2D eigenvalue weighted by atomic mass is 9.65. The van der Waals surface area contributed by atoms with Gasteiger partial charge in [0.25, 0.3) is 0 Å². The van der Waals surface area contributed by atoms with E-state index >= 15 is 0 Å². The van der Waals surface area contributed by atoms with Crippen molar-refractivity contribution in [3.05, 3.63) is 64.3 Å². The van der Waals surface area contributed by atoms with Gasteiger partial charge >= 0.3 is 6.16 Å². The summed E-state index contributed by atoms with van der Waals surface area (Å²) >= 11 is 0. The highest BCUT2D eigenvalue weighted by Crippen LogP contribution is 2.68. The quantitative estimate of drug-likeness (QED) is 0.778. The van der Waals surface area contributed by atoms with Crippen LogP contribution in [0, 0.1) is 5.41 Å². The summed E-state index contributed by atoms with van der Waals surface area (Å²) in [5, 5.41) is 9.61. The Balaban J connectivity index is 1.75. The SMILES string of the molecule is CC1=C(C/C(C)=C/c2ccccc2)/C(=C\CO)[C@@H]2OC(=O)O[C@]2(C)C12CC2. The van der Waals surface area contributed by atoms with E-state index in [1.54, 1.807) is 6.08 Å². The minimum absolute atomic E-state index is 0.0926. The zero-order valence-corrected chi connectivity index (χ0v) is 16.1. The number of allylic oxidation sites excluding steroid dienone is 1. The number of hydrogen-bond acceptors (Lipinski definition) is 4. The Morgan fingerprint density at radius 1 is 1.30 bits per heavy atom. The summed E-state index contributed by atoms with van der Waals surface area (Å²) in [5.74, 6) is 0. The molecule has 0 radical (unpaired) electrons. The van der Waals surface area contributed by atoms with Crippen LogP contribution >= 0.6 is 0 Å². The largest absolute Gasteiger partial charge is 0.509 e. The third-order valence-corrected chi connectivity index (χ3v) is 6.49. The number of benzene rings is 1. The summed E-state index contributed by atoms with van der Waals surface area (Å²) in [6.07, 6.45) is 5.65. The van der Waals surface area contributed by atoms with Crippen LogP contribution in [0.25, 0.3) is 6.08 Å². The molecule has 1 aliphatic heterocycles. The van der Waals surface area contributed by atoms with Crippen molar-refractivity contribution in [2.45, 2.75) is 51.7 Å². The average Bonchev–Trinajstić information content (AvgIpc) is 3.38. The first-order valence-corrected chi connectivity index (χ1v) is 9.54. The molecule has 0 aromatic heterocycles. The summed E-state index contributed by atoms with van der Waals surface area (Å²) in [6, 6.07) is 10.2. The Morgan fingerprint density at radius 3 is 2.63 bits per heavy atom. The molecular formula is C23H26O4. The van der Waals surface area contributed by atoms with Crippen LogP contribution in [0.15, 0.2) is 58.7 Å². The molecule has 4 nitrogen and oxygen atoms in total. The minimum atomic E-state index is -0.685. The van der Waals surface area contributed by atoms with E-state index in [1.807, 2.05) is 25.1 Å². The fourth-order valence-corrected chi connectivity index (χ4v) is 4.93. The van der Waals surface area contributed by atoms with Gasteiger partial charge in [0.2, 0.25) is 0 Å². The van der Waals surface area contributed by atoms with Gasteiger partial charge in [-0.1, -0.05) is 53.6 Å². The second-order valence-corrected chi connectivity index (χ2v) is 8.06. The summed E-state index contributed by atoms with van der Waals surface area (Å²) < 4.78 is 11.3. The summed E-state index contributed by atoms with van der Waals surface area (Å²) in [6.45, 7) is 6.16. The van der Waals surface area contributed by atoms with Crippen molar-refractivity contribution >= 4 is 12.2 Å². The lowest BCUT2D eigenvalue weighted by Gasteiger charge is -2.43. The highest BCUT2D eigenvalue weighted by atomic mass is 16.8.